The number of nitrogens with zero attached hydrogens (tertiary/aromatic N) is 4. The van der Waals surface area contributed by atoms with Crippen LogP contribution in [0.5, 0.6) is 0 Å². The minimum absolute atomic E-state index is 0.240. The van der Waals surface area contributed by atoms with Gasteiger partial charge in [0.1, 0.15) is 5.82 Å². The molecule has 2 heterocycles. The fraction of sp³-hybridized carbons (Fsp3) is 0.500. The van der Waals surface area contributed by atoms with Gasteiger partial charge in [0.15, 0.2) is 5.82 Å². The van der Waals surface area contributed by atoms with Crippen LogP contribution in [0.1, 0.15) is 37.7 Å². The zero-order chi connectivity index (χ0) is 16.1. The van der Waals surface area contributed by atoms with Crippen LogP contribution in [0.2, 0.25) is 0 Å². The molecular formula is C14H20N6O2. The van der Waals surface area contributed by atoms with Crippen LogP contribution in [0.4, 0.5) is 5.82 Å². The lowest BCUT2D eigenvalue weighted by molar-refractivity contribution is -0.143. The summed E-state index contributed by atoms with van der Waals surface area (Å²) < 4.78 is 0. The maximum atomic E-state index is 11.7. The molecule has 4 N–H and O–H groups in total. The number of tetrazole rings is 1. The van der Waals surface area contributed by atoms with Gasteiger partial charge in [-0.15, -0.1) is 10.2 Å². The summed E-state index contributed by atoms with van der Waals surface area (Å²) in [7, 11) is 0. The van der Waals surface area contributed by atoms with Gasteiger partial charge in [-0.3, -0.25) is 4.79 Å². The van der Waals surface area contributed by atoms with Crippen LogP contribution in [-0.2, 0) is 11.2 Å². The Bertz CT molecular complexity index is 614. The second kappa shape index (κ2) is 6.97. The first kappa shape index (κ1) is 15.9. The highest BCUT2D eigenvalue weighted by atomic mass is 16.4. The molecule has 0 aliphatic heterocycles. The quantitative estimate of drug-likeness (QED) is 0.701. The molecule has 8 heteroatoms. The summed E-state index contributed by atoms with van der Waals surface area (Å²) in [6.45, 7) is 3.98. The topological polar surface area (TPSA) is 131 Å². The summed E-state index contributed by atoms with van der Waals surface area (Å²) in [5.41, 5.74) is 6.41. The average molecular weight is 304 g/mol. The lowest BCUT2D eigenvalue weighted by atomic mass is 9.82. The van der Waals surface area contributed by atoms with Crippen LogP contribution in [-0.4, -0.2) is 36.7 Å². The van der Waals surface area contributed by atoms with E-state index in [4.69, 9.17) is 5.73 Å². The van der Waals surface area contributed by atoms with E-state index in [0.29, 0.717) is 30.2 Å². The maximum Gasteiger partial charge on any atom is 0.307 e. The highest BCUT2D eigenvalue weighted by Crippen LogP contribution is 2.30. The number of aromatic nitrogens is 5. The third-order valence-electron chi connectivity index (χ3n) is 3.48. The highest BCUT2D eigenvalue weighted by molar-refractivity contribution is 5.71. The number of rotatable bonds is 7. The van der Waals surface area contributed by atoms with Crippen molar-refractivity contribution in [2.75, 3.05) is 5.73 Å². The van der Waals surface area contributed by atoms with Crippen LogP contribution >= 0.6 is 0 Å². The summed E-state index contributed by atoms with van der Waals surface area (Å²) >= 11 is 0. The highest BCUT2D eigenvalue weighted by Gasteiger charge is 2.33. The zero-order valence-electron chi connectivity index (χ0n) is 12.6. The Labute approximate surface area is 128 Å². The Balaban J connectivity index is 2.31. The molecule has 0 aromatic carbocycles. The number of aromatic amines is 1. The van der Waals surface area contributed by atoms with Crippen molar-refractivity contribution in [3.63, 3.8) is 0 Å². The van der Waals surface area contributed by atoms with Crippen LogP contribution in [0.3, 0.4) is 0 Å². The van der Waals surface area contributed by atoms with Crippen molar-refractivity contribution in [3.8, 4) is 0 Å². The van der Waals surface area contributed by atoms with Gasteiger partial charge in [0.2, 0.25) is 0 Å². The molecule has 22 heavy (non-hydrogen) atoms. The van der Waals surface area contributed by atoms with E-state index < -0.39 is 17.8 Å². The molecule has 0 spiro atoms. The molecule has 0 bridgehead atoms. The van der Waals surface area contributed by atoms with E-state index in [1.54, 1.807) is 12.1 Å². The van der Waals surface area contributed by atoms with E-state index in [9.17, 15) is 9.90 Å². The van der Waals surface area contributed by atoms with Crippen LogP contribution in [0.25, 0.3) is 0 Å². The van der Waals surface area contributed by atoms with Gasteiger partial charge in [-0.2, -0.15) is 5.21 Å². The minimum Gasteiger partial charge on any atom is -0.481 e. The Hall–Kier alpha value is -2.51. The van der Waals surface area contributed by atoms with Crippen molar-refractivity contribution in [1.82, 2.24) is 25.6 Å². The number of nitrogens with two attached hydrogens (primary N) is 1. The molecule has 8 nitrogen and oxygen atoms in total. The Morgan fingerprint density at radius 1 is 1.41 bits per heavy atom. The molecule has 0 saturated heterocycles. The normalized spacial score (nSPS) is 14.0. The van der Waals surface area contributed by atoms with E-state index in [1.165, 1.54) is 0 Å². The number of aliphatic carboxylic acids is 1. The number of hydrogen-bond acceptors (Lipinski definition) is 6. The monoisotopic (exact) mass is 304 g/mol. The number of carboxylic acids is 1. The summed E-state index contributed by atoms with van der Waals surface area (Å²) in [6, 6.07) is 5.30. The number of nitrogens with one attached hydrogen (secondary N) is 1. The molecule has 0 unspecified atom stereocenters. The van der Waals surface area contributed by atoms with Gasteiger partial charge >= 0.3 is 5.97 Å². The number of H-pyrrole nitrogens is 1. The number of nitrogen functional groups attached to an aromatic ring is 1. The van der Waals surface area contributed by atoms with Gasteiger partial charge in [0.25, 0.3) is 0 Å². The molecule has 0 radical (unpaired) electrons. The standard InChI is InChI=1S/C14H20N6O2/c1-8(2)6-11(14(21)22)10(13-17-19-20-18-13)7-9-4-3-5-12(15)16-9/h3-5,8,10-11H,6-7H2,1-2H3,(H2,15,16)(H,21,22)(H,17,18,19,20)/t10-,11-/m0/s1. The largest absolute Gasteiger partial charge is 0.481 e. The molecule has 118 valence electrons. The molecule has 0 saturated carbocycles. The Morgan fingerprint density at radius 3 is 2.73 bits per heavy atom. The minimum atomic E-state index is -0.868. The van der Waals surface area contributed by atoms with E-state index in [0.717, 1.165) is 0 Å². The molecule has 0 fully saturated rings. The first-order valence-electron chi connectivity index (χ1n) is 7.15. The fourth-order valence-corrected chi connectivity index (χ4v) is 2.52. The van der Waals surface area contributed by atoms with Crippen molar-refractivity contribution >= 4 is 11.8 Å². The molecule has 2 atom stereocenters. The van der Waals surface area contributed by atoms with E-state index in [1.807, 2.05) is 19.9 Å². The van der Waals surface area contributed by atoms with E-state index in [-0.39, 0.29) is 5.92 Å². The van der Waals surface area contributed by atoms with Crippen molar-refractivity contribution < 1.29 is 9.90 Å². The Kier molecular flexibility index (Phi) is 5.03. The number of anilines is 1. The zero-order valence-corrected chi connectivity index (χ0v) is 12.6. The first-order valence-corrected chi connectivity index (χ1v) is 7.15. The molecule has 0 aliphatic carbocycles. The van der Waals surface area contributed by atoms with Gasteiger partial charge in [-0.05, 0) is 24.5 Å². The lowest BCUT2D eigenvalue weighted by Crippen LogP contribution is -2.26. The molecule has 2 rings (SSSR count). The molecule has 2 aromatic heterocycles. The summed E-state index contributed by atoms with van der Waals surface area (Å²) in [5, 5.41) is 23.5. The van der Waals surface area contributed by atoms with Crippen LogP contribution in [0.15, 0.2) is 18.2 Å². The van der Waals surface area contributed by atoms with Crippen LogP contribution in [0, 0.1) is 11.8 Å². The second-order valence-electron chi connectivity index (χ2n) is 5.71. The summed E-state index contributed by atoms with van der Waals surface area (Å²) in [6.07, 6.45) is 0.922. The predicted octanol–water partition coefficient (Wildman–Crippen LogP) is 1.25. The summed E-state index contributed by atoms with van der Waals surface area (Å²) in [4.78, 5) is 15.9. The lowest BCUT2D eigenvalue weighted by Gasteiger charge is -2.22. The van der Waals surface area contributed by atoms with Crippen molar-refractivity contribution in [2.24, 2.45) is 11.8 Å². The predicted molar refractivity (Wildman–Crippen MR) is 79.9 cm³/mol. The molecule has 0 amide bonds. The van der Waals surface area contributed by atoms with Gasteiger partial charge in [-0.25, -0.2) is 4.98 Å². The number of pyridine rings is 1. The number of hydrogen-bond donors (Lipinski definition) is 3. The SMILES string of the molecule is CC(C)C[C@H](C(=O)O)[C@H](Cc1cccc(N)n1)c1nn[nH]n1. The summed E-state index contributed by atoms with van der Waals surface area (Å²) in [5.74, 6) is -0.858. The van der Waals surface area contributed by atoms with Gasteiger partial charge < -0.3 is 10.8 Å². The molecular weight excluding hydrogens is 284 g/mol. The van der Waals surface area contributed by atoms with Gasteiger partial charge in [-0.1, -0.05) is 25.1 Å². The number of carboxylic acid groups (broad SMARTS) is 1. The van der Waals surface area contributed by atoms with Gasteiger partial charge in [0.05, 0.1) is 5.92 Å². The maximum absolute atomic E-state index is 11.7. The number of carbonyl (C=O) groups is 1. The second-order valence-corrected chi connectivity index (χ2v) is 5.71. The van der Waals surface area contributed by atoms with Gasteiger partial charge in [0, 0.05) is 18.0 Å². The average Bonchev–Trinajstić information content (AvgIpc) is 2.96. The van der Waals surface area contributed by atoms with Crippen molar-refractivity contribution in [3.05, 3.63) is 29.7 Å². The van der Waals surface area contributed by atoms with Crippen molar-refractivity contribution in [1.29, 1.82) is 0 Å². The van der Waals surface area contributed by atoms with Crippen molar-refractivity contribution in [2.45, 2.75) is 32.6 Å². The Morgan fingerprint density at radius 2 is 2.18 bits per heavy atom. The molecule has 0 aliphatic rings. The fourth-order valence-electron chi connectivity index (χ4n) is 2.52. The first-order chi connectivity index (χ1) is 10.5. The molecule has 2 aromatic rings. The van der Waals surface area contributed by atoms with E-state index in [2.05, 4.69) is 25.6 Å². The third-order valence-corrected chi connectivity index (χ3v) is 3.48. The van der Waals surface area contributed by atoms with Crippen LogP contribution < -0.4 is 5.73 Å². The third kappa shape index (κ3) is 4.00. The smallest absolute Gasteiger partial charge is 0.307 e. The van der Waals surface area contributed by atoms with E-state index >= 15 is 0 Å².